The third-order valence-corrected chi connectivity index (χ3v) is 2.38. The first kappa shape index (κ1) is 12.8. The van der Waals surface area contributed by atoms with Crippen molar-refractivity contribution in [1.82, 2.24) is 4.98 Å². The number of aromatic nitrogens is 1. The van der Waals surface area contributed by atoms with Crippen LogP contribution in [-0.4, -0.2) is 17.6 Å². The summed E-state index contributed by atoms with van der Waals surface area (Å²) in [4.78, 5) is 14.8. The van der Waals surface area contributed by atoms with Crippen molar-refractivity contribution in [2.24, 2.45) is 0 Å². The first-order chi connectivity index (χ1) is 7.47. The molecule has 0 unspecified atom stereocenters. The third-order valence-electron chi connectivity index (χ3n) is 1.73. The Bertz CT molecular complexity index is 413. The molecule has 2 N–H and O–H groups in total. The fourth-order valence-corrected chi connectivity index (χ4v) is 1.44. The summed E-state index contributed by atoms with van der Waals surface area (Å²) >= 11 is 2.98. The minimum Gasteiger partial charge on any atom is -0.461 e. The van der Waals surface area contributed by atoms with E-state index in [4.69, 9.17) is 5.73 Å². The number of ether oxygens (including phenoxy) is 1. The number of nitrogen functional groups attached to an aromatic ring is 1. The molecule has 0 saturated heterocycles. The Hall–Kier alpha value is -1.24. The van der Waals surface area contributed by atoms with Crippen molar-refractivity contribution in [3.63, 3.8) is 0 Å². The molecular weight excluding hydrogens is 286 g/mol. The number of esters is 1. The number of rotatable bonds is 3. The number of nitrogens with zero attached hydrogens (tertiary/aromatic N) is 1. The van der Waals surface area contributed by atoms with Gasteiger partial charge < -0.3 is 10.5 Å². The number of anilines is 1. The van der Waals surface area contributed by atoms with E-state index >= 15 is 0 Å². The highest BCUT2D eigenvalue weighted by molar-refractivity contribution is 9.10. The zero-order valence-electron chi connectivity index (χ0n) is 8.34. The molecule has 1 heterocycles. The topological polar surface area (TPSA) is 65.2 Å². The lowest BCUT2D eigenvalue weighted by Crippen LogP contribution is -2.10. The molecule has 0 radical (unpaired) electrons. The number of hydrogen-bond acceptors (Lipinski definition) is 4. The highest BCUT2D eigenvalue weighted by atomic mass is 79.9. The molecular formula is C9H9BrF2N2O2. The predicted octanol–water partition coefficient (Wildman–Crippen LogP) is 2.54. The molecule has 0 saturated carbocycles. The number of carbonyl (C=O) groups excluding carboxylic acids is 1. The van der Waals surface area contributed by atoms with E-state index < -0.39 is 18.1 Å². The first-order valence-electron chi connectivity index (χ1n) is 4.38. The minimum atomic E-state index is -2.84. The number of hydrogen-bond donors (Lipinski definition) is 1. The van der Waals surface area contributed by atoms with E-state index in [2.05, 4.69) is 25.7 Å². The molecule has 0 fully saturated rings. The molecule has 1 aromatic rings. The molecule has 0 amide bonds. The molecule has 0 atom stereocenters. The van der Waals surface area contributed by atoms with Crippen molar-refractivity contribution in [2.45, 2.75) is 13.3 Å². The summed E-state index contributed by atoms with van der Waals surface area (Å²) in [5.41, 5.74) is 4.38. The van der Waals surface area contributed by atoms with Gasteiger partial charge in [-0.05, 0) is 28.9 Å². The SMILES string of the molecule is CCOC(=O)c1cc(Br)c(N)c(C(F)F)n1. The molecule has 4 nitrogen and oxygen atoms in total. The van der Waals surface area contributed by atoms with Gasteiger partial charge in [0, 0.05) is 4.47 Å². The molecule has 1 rings (SSSR count). The number of nitrogens with two attached hydrogens (primary N) is 1. The molecule has 0 aliphatic carbocycles. The lowest BCUT2D eigenvalue weighted by atomic mass is 10.2. The van der Waals surface area contributed by atoms with Gasteiger partial charge in [-0.2, -0.15) is 0 Å². The van der Waals surface area contributed by atoms with Crippen LogP contribution < -0.4 is 5.73 Å². The van der Waals surface area contributed by atoms with Gasteiger partial charge in [0.25, 0.3) is 6.43 Å². The van der Waals surface area contributed by atoms with Crippen molar-refractivity contribution in [3.05, 3.63) is 21.9 Å². The zero-order valence-corrected chi connectivity index (χ0v) is 9.92. The van der Waals surface area contributed by atoms with Gasteiger partial charge in [-0.1, -0.05) is 0 Å². The van der Waals surface area contributed by atoms with E-state index in [-0.39, 0.29) is 22.5 Å². The van der Waals surface area contributed by atoms with E-state index in [0.717, 1.165) is 0 Å². The van der Waals surface area contributed by atoms with E-state index in [1.54, 1.807) is 6.92 Å². The second kappa shape index (κ2) is 5.20. The maximum Gasteiger partial charge on any atom is 0.356 e. The fraction of sp³-hybridized carbons (Fsp3) is 0.333. The van der Waals surface area contributed by atoms with Crippen LogP contribution in [-0.2, 0) is 4.74 Å². The molecule has 0 bridgehead atoms. The monoisotopic (exact) mass is 294 g/mol. The highest BCUT2D eigenvalue weighted by Gasteiger charge is 2.20. The molecule has 1 aromatic heterocycles. The summed E-state index contributed by atoms with van der Waals surface area (Å²) in [6.45, 7) is 1.75. The van der Waals surface area contributed by atoms with Crippen LogP contribution in [0.25, 0.3) is 0 Å². The Kier molecular flexibility index (Phi) is 4.17. The number of halogens is 3. The van der Waals surface area contributed by atoms with Crippen LogP contribution in [0.4, 0.5) is 14.5 Å². The van der Waals surface area contributed by atoms with Gasteiger partial charge >= 0.3 is 5.97 Å². The number of alkyl halides is 2. The number of pyridine rings is 1. The van der Waals surface area contributed by atoms with Crippen molar-refractivity contribution < 1.29 is 18.3 Å². The molecule has 0 spiro atoms. The second-order valence-corrected chi connectivity index (χ2v) is 3.66. The van der Waals surface area contributed by atoms with Crippen molar-refractivity contribution in [3.8, 4) is 0 Å². The van der Waals surface area contributed by atoms with Crippen LogP contribution in [0.1, 0.15) is 29.5 Å². The maximum absolute atomic E-state index is 12.5. The Morgan fingerprint density at radius 3 is 2.81 bits per heavy atom. The Morgan fingerprint density at radius 1 is 1.69 bits per heavy atom. The molecule has 88 valence electrons. The van der Waals surface area contributed by atoms with Crippen molar-refractivity contribution in [2.75, 3.05) is 12.3 Å². The van der Waals surface area contributed by atoms with Crippen LogP contribution in [0.5, 0.6) is 0 Å². The summed E-state index contributed by atoms with van der Waals surface area (Å²) < 4.78 is 29.9. The average Bonchev–Trinajstić information content (AvgIpc) is 2.21. The molecule has 7 heteroatoms. The number of carbonyl (C=O) groups is 1. The smallest absolute Gasteiger partial charge is 0.356 e. The van der Waals surface area contributed by atoms with Crippen LogP contribution in [0.15, 0.2) is 10.5 Å². The first-order valence-corrected chi connectivity index (χ1v) is 5.17. The normalized spacial score (nSPS) is 10.6. The van der Waals surface area contributed by atoms with Gasteiger partial charge in [0.1, 0.15) is 11.4 Å². The van der Waals surface area contributed by atoms with Crippen molar-refractivity contribution in [1.29, 1.82) is 0 Å². The Morgan fingerprint density at radius 2 is 2.31 bits per heavy atom. The van der Waals surface area contributed by atoms with Gasteiger partial charge in [-0.25, -0.2) is 18.6 Å². The van der Waals surface area contributed by atoms with Crippen LogP contribution in [0.3, 0.4) is 0 Å². The highest BCUT2D eigenvalue weighted by Crippen LogP contribution is 2.30. The largest absolute Gasteiger partial charge is 0.461 e. The van der Waals surface area contributed by atoms with Gasteiger partial charge in [-0.15, -0.1) is 0 Å². The summed E-state index contributed by atoms with van der Waals surface area (Å²) in [7, 11) is 0. The molecule has 0 aliphatic heterocycles. The molecule has 16 heavy (non-hydrogen) atoms. The lowest BCUT2D eigenvalue weighted by Gasteiger charge is -2.08. The van der Waals surface area contributed by atoms with Gasteiger partial charge in [0.2, 0.25) is 0 Å². The Balaban J connectivity index is 3.18. The van der Waals surface area contributed by atoms with Crippen LogP contribution in [0.2, 0.25) is 0 Å². The summed E-state index contributed by atoms with van der Waals surface area (Å²) in [6.07, 6.45) is -2.84. The second-order valence-electron chi connectivity index (χ2n) is 2.81. The van der Waals surface area contributed by atoms with E-state index in [1.807, 2.05) is 0 Å². The van der Waals surface area contributed by atoms with E-state index in [9.17, 15) is 13.6 Å². The molecule has 0 aromatic carbocycles. The maximum atomic E-state index is 12.5. The van der Waals surface area contributed by atoms with Crippen LogP contribution in [0, 0.1) is 0 Å². The van der Waals surface area contributed by atoms with Gasteiger partial charge in [-0.3, -0.25) is 0 Å². The van der Waals surface area contributed by atoms with Gasteiger partial charge in [0.15, 0.2) is 0 Å². The van der Waals surface area contributed by atoms with Crippen LogP contribution >= 0.6 is 15.9 Å². The summed E-state index contributed by atoms with van der Waals surface area (Å²) in [5, 5.41) is 0. The van der Waals surface area contributed by atoms with E-state index in [0.29, 0.717) is 0 Å². The predicted molar refractivity (Wildman–Crippen MR) is 57.3 cm³/mol. The third kappa shape index (κ3) is 2.66. The average molecular weight is 295 g/mol. The lowest BCUT2D eigenvalue weighted by molar-refractivity contribution is 0.0518. The van der Waals surface area contributed by atoms with Crippen molar-refractivity contribution >= 4 is 27.6 Å². The van der Waals surface area contributed by atoms with Gasteiger partial charge in [0.05, 0.1) is 12.3 Å². The Labute approximate surface area is 98.9 Å². The summed E-state index contributed by atoms with van der Waals surface area (Å²) in [5.74, 6) is -0.759. The zero-order chi connectivity index (χ0) is 12.3. The van der Waals surface area contributed by atoms with E-state index in [1.165, 1.54) is 6.07 Å². The standard InChI is InChI=1S/C9H9BrF2N2O2/c1-2-16-9(15)5-3-4(10)6(13)7(14-5)8(11)12/h3,8H,2,13H2,1H3. The summed E-state index contributed by atoms with van der Waals surface area (Å²) in [6, 6.07) is 1.25. The molecule has 0 aliphatic rings. The quantitative estimate of drug-likeness (QED) is 0.870. The minimum absolute atomic E-state index is 0.145. The fourth-order valence-electron chi connectivity index (χ4n) is 1.02.